The third-order valence-corrected chi connectivity index (χ3v) is 5.85. The predicted octanol–water partition coefficient (Wildman–Crippen LogP) is 4.70. The summed E-state index contributed by atoms with van der Waals surface area (Å²) >= 11 is 1.93. The molecule has 0 atom stereocenters. The molecule has 2 aliphatic rings. The predicted molar refractivity (Wildman–Crippen MR) is 79.2 cm³/mol. The van der Waals surface area contributed by atoms with Crippen LogP contribution >= 0.6 is 11.3 Å². The molecule has 0 aromatic carbocycles. The summed E-state index contributed by atoms with van der Waals surface area (Å²) in [6.07, 6.45) is 11.3. The van der Waals surface area contributed by atoms with Gasteiger partial charge in [0.2, 0.25) is 0 Å². The third-order valence-electron chi connectivity index (χ3n) is 5.00. The average Bonchev–Trinajstić information content (AvgIpc) is 2.87. The molecule has 1 nitrogen and oxygen atoms in total. The molecule has 0 N–H and O–H groups in total. The van der Waals surface area contributed by atoms with Gasteiger partial charge >= 0.3 is 0 Å². The molecule has 0 amide bonds. The molecule has 1 aliphatic carbocycles. The van der Waals surface area contributed by atoms with Crippen LogP contribution in [0.5, 0.6) is 0 Å². The Labute approximate surface area is 115 Å². The summed E-state index contributed by atoms with van der Waals surface area (Å²) in [6, 6.07) is 2.42. The molecule has 1 aliphatic heterocycles. The van der Waals surface area contributed by atoms with Crippen LogP contribution in [-0.4, -0.2) is 18.0 Å². The number of hydrogen-bond acceptors (Lipinski definition) is 2. The maximum absolute atomic E-state index is 2.84. The Bertz CT molecular complexity index is 384. The van der Waals surface area contributed by atoms with Crippen molar-refractivity contribution in [2.45, 2.75) is 63.8 Å². The topological polar surface area (TPSA) is 3.24 Å². The summed E-state index contributed by atoms with van der Waals surface area (Å²) in [6.45, 7) is 4.98. The van der Waals surface area contributed by atoms with Gasteiger partial charge in [0, 0.05) is 10.4 Å². The lowest BCUT2D eigenvalue weighted by Gasteiger charge is -2.48. The van der Waals surface area contributed by atoms with E-state index in [0.29, 0.717) is 5.54 Å². The van der Waals surface area contributed by atoms with E-state index in [-0.39, 0.29) is 0 Å². The van der Waals surface area contributed by atoms with Crippen LogP contribution in [0.2, 0.25) is 0 Å². The van der Waals surface area contributed by atoms with E-state index in [4.69, 9.17) is 0 Å². The summed E-state index contributed by atoms with van der Waals surface area (Å²) in [5.41, 5.74) is 2.07. The highest BCUT2D eigenvalue weighted by atomic mass is 32.1. The van der Waals surface area contributed by atoms with Gasteiger partial charge in [-0.1, -0.05) is 25.7 Å². The van der Waals surface area contributed by atoms with E-state index in [9.17, 15) is 0 Å². The molecule has 1 saturated carbocycles. The van der Waals surface area contributed by atoms with Crippen LogP contribution < -0.4 is 0 Å². The van der Waals surface area contributed by atoms with Crippen LogP contribution in [0.4, 0.5) is 0 Å². The van der Waals surface area contributed by atoms with Gasteiger partial charge in [0.15, 0.2) is 0 Å². The van der Waals surface area contributed by atoms with Gasteiger partial charge in [-0.2, -0.15) is 0 Å². The Kier molecular flexibility index (Phi) is 3.76. The smallest absolute Gasteiger partial charge is 0.0471 e. The zero-order valence-corrected chi connectivity index (χ0v) is 12.4. The Morgan fingerprint density at radius 3 is 2.28 bits per heavy atom. The van der Waals surface area contributed by atoms with Crippen LogP contribution in [0.15, 0.2) is 11.4 Å². The van der Waals surface area contributed by atoms with Crippen LogP contribution in [0.3, 0.4) is 0 Å². The first-order chi connectivity index (χ1) is 8.83. The van der Waals surface area contributed by atoms with E-state index < -0.39 is 0 Å². The van der Waals surface area contributed by atoms with Crippen LogP contribution in [0, 0.1) is 6.92 Å². The number of rotatable bonds is 2. The normalized spacial score (nSPS) is 25.2. The molecule has 3 rings (SSSR count). The highest BCUT2D eigenvalue weighted by molar-refractivity contribution is 7.10. The van der Waals surface area contributed by atoms with E-state index >= 15 is 0 Å². The highest BCUT2D eigenvalue weighted by Crippen LogP contribution is 2.45. The summed E-state index contributed by atoms with van der Waals surface area (Å²) in [7, 11) is 0. The van der Waals surface area contributed by atoms with Gasteiger partial charge in [-0.05, 0) is 62.7 Å². The third kappa shape index (κ3) is 2.14. The second kappa shape index (κ2) is 5.34. The second-order valence-corrected chi connectivity index (χ2v) is 7.15. The molecule has 2 heterocycles. The Balaban J connectivity index is 1.94. The van der Waals surface area contributed by atoms with E-state index in [1.165, 1.54) is 64.5 Å². The number of hydrogen-bond donors (Lipinski definition) is 0. The Hall–Kier alpha value is -0.340. The fourth-order valence-corrected chi connectivity index (χ4v) is 4.88. The van der Waals surface area contributed by atoms with E-state index in [1.54, 1.807) is 10.4 Å². The molecule has 0 spiro atoms. The molecule has 100 valence electrons. The summed E-state index contributed by atoms with van der Waals surface area (Å²) < 4.78 is 0. The minimum Gasteiger partial charge on any atom is -0.294 e. The van der Waals surface area contributed by atoms with Crippen LogP contribution in [-0.2, 0) is 5.54 Å². The molecular formula is C16H25NS. The minimum absolute atomic E-state index is 0.406. The van der Waals surface area contributed by atoms with Gasteiger partial charge in [0.25, 0.3) is 0 Å². The van der Waals surface area contributed by atoms with Crippen molar-refractivity contribution in [3.05, 3.63) is 21.9 Å². The van der Waals surface area contributed by atoms with Crippen molar-refractivity contribution in [3.8, 4) is 0 Å². The maximum atomic E-state index is 2.84. The largest absolute Gasteiger partial charge is 0.294 e. The zero-order valence-electron chi connectivity index (χ0n) is 11.6. The molecular weight excluding hydrogens is 238 g/mol. The van der Waals surface area contributed by atoms with Crippen molar-refractivity contribution in [2.24, 2.45) is 0 Å². The van der Waals surface area contributed by atoms with Crippen LogP contribution in [0.1, 0.15) is 61.8 Å². The SMILES string of the molecule is Cc1sccc1C1(N2CCCCC2)CCCCC1. The second-order valence-electron chi connectivity index (χ2n) is 6.03. The molecule has 1 aromatic rings. The maximum Gasteiger partial charge on any atom is 0.0471 e. The Morgan fingerprint density at radius 2 is 1.67 bits per heavy atom. The van der Waals surface area contributed by atoms with Crippen molar-refractivity contribution >= 4 is 11.3 Å². The number of nitrogens with zero attached hydrogens (tertiary/aromatic N) is 1. The van der Waals surface area contributed by atoms with E-state index in [0.717, 1.165) is 0 Å². The fraction of sp³-hybridized carbons (Fsp3) is 0.750. The van der Waals surface area contributed by atoms with E-state index in [2.05, 4.69) is 23.3 Å². The first kappa shape index (κ1) is 12.7. The first-order valence-corrected chi connectivity index (χ1v) is 8.50. The van der Waals surface area contributed by atoms with Gasteiger partial charge in [-0.15, -0.1) is 11.3 Å². The lowest BCUT2D eigenvalue weighted by atomic mass is 9.74. The average molecular weight is 263 g/mol. The highest BCUT2D eigenvalue weighted by Gasteiger charge is 2.40. The van der Waals surface area contributed by atoms with Crippen molar-refractivity contribution in [3.63, 3.8) is 0 Å². The molecule has 0 unspecified atom stereocenters. The quantitative estimate of drug-likeness (QED) is 0.747. The van der Waals surface area contributed by atoms with Crippen LogP contribution in [0.25, 0.3) is 0 Å². The zero-order chi connectivity index (χ0) is 12.4. The van der Waals surface area contributed by atoms with Crippen molar-refractivity contribution < 1.29 is 0 Å². The minimum atomic E-state index is 0.406. The van der Waals surface area contributed by atoms with Crippen molar-refractivity contribution in [1.29, 1.82) is 0 Å². The fourth-order valence-electron chi connectivity index (χ4n) is 4.08. The first-order valence-electron chi connectivity index (χ1n) is 7.63. The van der Waals surface area contributed by atoms with Gasteiger partial charge < -0.3 is 0 Å². The molecule has 18 heavy (non-hydrogen) atoms. The molecule has 0 bridgehead atoms. The van der Waals surface area contributed by atoms with Gasteiger partial charge in [0.1, 0.15) is 0 Å². The molecule has 0 radical (unpaired) electrons. The molecule has 1 aromatic heterocycles. The number of thiophene rings is 1. The number of aryl methyl sites for hydroxylation is 1. The standard InChI is InChI=1S/C16H25NS/c1-14-15(8-13-18-14)16(9-4-2-5-10-16)17-11-6-3-7-12-17/h8,13H,2-7,9-12H2,1H3. The summed E-state index contributed by atoms with van der Waals surface area (Å²) in [5, 5.41) is 2.30. The van der Waals surface area contributed by atoms with Gasteiger partial charge in [0.05, 0.1) is 0 Å². The number of likely N-dealkylation sites (tertiary alicyclic amines) is 1. The van der Waals surface area contributed by atoms with Gasteiger partial charge in [-0.3, -0.25) is 4.90 Å². The van der Waals surface area contributed by atoms with Gasteiger partial charge in [-0.25, -0.2) is 0 Å². The monoisotopic (exact) mass is 263 g/mol. The molecule has 2 fully saturated rings. The van der Waals surface area contributed by atoms with Crippen molar-refractivity contribution in [1.82, 2.24) is 4.90 Å². The molecule has 1 saturated heterocycles. The van der Waals surface area contributed by atoms with E-state index in [1.807, 2.05) is 11.3 Å². The summed E-state index contributed by atoms with van der Waals surface area (Å²) in [5.74, 6) is 0. The molecule has 2 heteroatoms. The van der Waals surface area contributed by atoms with Crippen molar-refractivity contribution in [2.75, 3.05) is 13.1 Å². The Morgan fingerprint density at radius 1 is 1.00 bits per heavy atom. The summed E-state index contributed by atoms with van der Waals surface area (Å²) in [4.78, 5) is 4.40. The lowest BCUT2D eigenvalue weighted by Crippen LogP contribution is -2.49. The number of piperidine rings is 1. The lowest BCUT2D eigenvalue weighted by molar-refractivity contribution is 0.0302.